The van der Waals surface area contributed by atoms with Gasteiger partial charge in [0, 0.05) is 16.2 Å². The predicted octanol–water partition coefficient (Wildman–Crippen LogP) is 7.50. The predicted molar refractivity (Wildman–Crippen MR) is 147 cm³/mol. The van der Waals surface area contributed by atoms with E-state index in [1.54, 1.807) is 39.5 Å². The number of thiophene rings is 1. The molecule has 0 atom stereocenters. The molecule has 0 saturated carbocycles. The summed E-state index contributed by atoms with van der Waals surface area (Å²) in [5, 5.41) is 12.8. The highest BCUT2D eigenvalue weighted by atomic mass is 32.1. The largest absolute Gasteiger partial charge is 0.497 e. The van der Waals surface area contributed by atoms with Crippen molar-refractivity contribution < 1.29 is 28.8 Å². The highest BCUT2D eigenvalue weighted by molar-refractivity contribution is 7.20. The Labute approximate surface area is 217 Å². The van der Waals surface area contributed by atoms with Crippen molar-refractivity contribution >= 4 is 49.8 Å². The van der Waals surface area contributed by atoms with E-state index in [0.29, 0.717) is 33.4 Å². The first kappa shape index (κ1) is 24.2. The lowest BCUT2D eigenvalue weighted by Crippen LogP contribution is -1.99. The SMILES string of the molecule is COc1ccc2cc(Oc3c(C=C(C(=O)O)c4ccccc4)sc4cc(OC)c(OC)cc34)ccc2c1. The molecule has 4 aromatic carbocycles. The van der Waals surface area contributed by atoms with Gasteiger partial charge in [0.2, 0.25) is 0 Å². The molecular weight excluding hydrogens is 488 g/mol. The van der Waals surface area contributed by atoms with E-state index in [2.05, 4.69) is 0 Å². The number of hydrogen-bond acceptors (Lipinski definition) is 6. The Hall–Kier alpha value is -4.49. The first-order valence-corrected chi connectivity index (χ1v) is 12.3. The number of benzene rings is 4. The maximum Gasteiger partial charge on any atom is 0.336 e. The average Bonchev–Trinajstić information content (AvgIpc) is 3.26. The van der Waals surface area contributed by atoms with Gasteiger partial charge in [0.25, 0.3) is 0 Å². The fourth-order valence-electron chi connectivity index (χ4n) is 4.15. The lowest BCUT2D eigenvalue weighted by atomic mass is 10.1. The molecule has 0 aliphatic heterocycles. The van der Waals surface area contributed by atoms with Gasteiger partial charge >= 0.3 is 5.97 Å². The molecule has 0 saturated heterocycles. The van der Waals surface area contributed by atoms with Gasteiger partial charge in [-0.15, -0.1) is 11.3 Å². The molecule has 0 bridgehead atoms. The Kier molecular flexibility index (Phi) is 6.70. The van der Waals surface area contributed by atoms with Crippen LogP contribution in [0.1, 0.15) is 10.4 Å². The minimum Gasteiger partial charge on any atom is -0.497 e. The molecule has 0 unspecified atom stereocenters. The van der Waals surface area contributed by atoms with Gasteiger partial charge in [0.15, 0.2) is 17.2 Å². The number of carboxylic acids is 1. The molecule has 37 heavy (non-hydrogen) atoms. The quantitative estimate of drug-likeness (QED) is 0.217. The number of rotatable bonds is 8. The van der Waals surface area contributed by atoms with Crippen LogP contribution in [0.5, 0.6) is 28.7 Å². The molecule has 186 valence electrons. The Balaban J connectivity index is 1.68. The summed E-state index contributed by atoms with van der Waals surface area (Å²) in [6.45, 7) is 0. The second-order valence-electron chi connectivity index (χ2n) is 8.20. The van der Waals surface area contributed by atoms with E-state index in [1.165, 1.54) is 11.3 Å². The third kappa shape index (κ3) is 4.81. The number of methoxy groups -OCH3 is 3. The average molecular weight is 513 g/mol. The smallest absolute Gasteiger partial charge is 0.336 e. The van der Waals surface area contributed by atoms with Crippen LogP contribution in [0.15, 0.2) is 78.9 Å². The molecule has 0 fully saturated rings. The van der Waals surface area contributed by atoms with E-state index in [4.69, 9.17) is 18.9 Å². The maximum absolute atomic E-state index is 12.2. The summed E-state index contributed by atoms with van der Waals surface area (Å²) in [5.74, 6) is 2.06. The molecule has 0 spiro atoms. The number of fused-ring (bicyclic) bond motifs is 2. The summed E-state index contributed by atoms with van der Waals surface area (Å²) >= 11 is 1.42. The summed E-state index contributed by atoms with van der Waals surface area (Å²) in [7, 11) is 4.80. The molecule has 7 heteroatoms. The van der Waals surface area contributed by atoms with Crippen molar-refractivity contribution in [2.24, 2.45) is 0 Å². The van der Waals surface area contributed by atoms with Crippen molar-refractivity contribution in [2.75, 3.05) is 21.3 Å². The zero-order valence-electron chi connectivity index (χ0n) is 20.5. The number of hydrogen-bond donors (Lipinski definition) is 1. The molecule has 0 radical (unpaired) electrons. The van der Waals surface area contributed by atoms with Gasteiger partial charge in [-0.2, -0.15) is 0 Å². The Bertz CT molecular complexity index is 1640. The van der Waals surface area contributed by atoms with Gasteiger partial charge in [0.05, 0.1) is 31.8 Å². The molecule has 5 aromatic rings. The number of carboxylic acid groups (broad SMARTS) is 1. The molecule has 1 aromatic heterocycles. The van der Waals surface area contributed by atoms with Gasteiger partial charge in [-0.3, -0.25) is 0 Å². The van der Waals surface area contributed by atoms with Crippen molar-refractivity contribution in [3.8, 4) is 28.7 Å². The van der Waals surface area contributed by atoms with Gasteiger partial charge < -0.3 is 24.1 Å². The van der Waals surface area contributed by atoms with E-state index in [0.717, 1.165) is 26.6 Å². The molecule has 0 aliphatic carbocycles. The Morgan fingerprint density at radius 2 is 1.43 bits per heavy atom. The first-order chi connectivity index (χ1) is 18.0. The lowest BCUT2D eigenvalue weighted by molar-refractivity contribution is -0.130. The fraction of sp³-hybridized carbons (Fsp3) is 0.100. The maximum atomic E-state index is 12.2. The Morgan fingerprint density at radius 1 is 0.784 bits per heavy atom. The number of ether oxygens (including phenoxy) is 4. The van der Waals surface area contributed by atoms with Crippen molar-refractivity contribution in [2.45, 2.75) is 0 Å². The van der Waals surface area contributed by atoms with Crippen LogP contribution in [0.3, 0.4) is 0 Å². The summed E-state index contributed by atoms with van der Waals surface area (Å²) < 4.78 is 23.7. The second-order valence-corrected chi connectivity index (χ2v) is 9.29. The standard InChI is InChI=1S/C30H24O6S/c1-33-21-11-9-20-14-22(12-10-19(20)13-21)36-29-24-15-25(34-2)26(35-3)17-27(24)37-28(29)16-23(30(31)32)18-7-5-4-6-8-18/h4-17H,1-3H3,(H,31,32). The zero-order valence-corrected chi connectivity index (χ0v) is 21.3. The summed E-state index contributed by atoms with van der Waals surface area (Å²) in [5.41, 5.74) is 0.773. The van der Waals surface area contributed by atoms with E-state index in [9.17, 15) is 9.90 Å². The van der Waals surface area contributed by atoms with Crippen LogP contribution in [0.25, 0.3) is 32.5 Å². The molecular formula is C30H24O6S. The van der Waals surface area contributed by atoms with Gasteiger partial charge in [-0.25, -0.2) is 4.79 Å². The number of aliphatic carboxylic acids is 1. The minimum absolute atomic E-state index is 0.168. The lowest BCUT2D eigenvalue weighted by Gasteiger charge is -2.11. The van der Waals surface area contributed by atoms with Crippen molar-refractivity contribution in [1.29, 1.82) is 0 Å². The first-order valence-electron chi connectivity index (χ1n) is 11.5. The van der Waals surface area contributed by atoms with Crippen LogP contribution < -0.4 is 18.9 Å². The van der Waals surface area contributed by atoms with Crippen LogP contribution in [0.4, 0.5) is 0 Å². The summed E-state index contributed by atoms with van der Waals surface area (Å²) in [6, 6.07) is 24.4. The molecule has 0 aliphatic rings. The third-order valence-electron chi connectivity index (χ3n) is 6.00. The summed E-state index contributed by atoms with van der Waals surface area (Å²) in [6.07, 6.45) is 1.66. The van der Waals surface area contributed by atoms with Crippen LogP contribution in [-0.2, 0) is 4.79 Å². The molecule has 0 amide bonds. The van der Waals surface area contributed by atoms with Gasteiger partial charge in [0.1, 0.15) is 11.5 Å². The highest BCUT2D eigenvalue weighted by Gasteiger charge is 2.20. The Morgan fingerprint density at radius 3 is 2.08 bits per heavy atom. The molecule has 1 heterocycles. The number of carbonyl (C=O) groups is 1. The van der Waals surface area contributed by atoms with Gasteiger partial charge in [-0.1, -0.05) is 42.5 Å². The summed E-state index contributed by atoms with van der Waals surface area (Å²) in [4.78, 5) is 12.9. The molecule has 1 N–H and O–H groups in total. The normalized spacial score (nSPS) is 11.5. The van der Waals surface area contributed by atoms with E-state index in [-0.39, 0.29) is 5.57 Å². The van der Waals surface area contributed by atoms with E-state index in [1.807, 2.05) is 66.7 Å². The van der Waals surface area contributed by atoms with Crippen LogP contribution >= 0.6 is 11.3 Å². The van der Waals surface area contributed by atoms with Crippen molar-refractivity contribution in [3.63, 3.8) is 0 Å². The zero-order chi connectivity index (χ0) is 25.9. The van der Waals surface area contributed by atoms with Crippen LogP contribution in [0, 0.1) is 0 Å². The van der Waals surface area contributed by atoms with Crippen LogP contribution in [-0.4, -0.2) is 32.4 Å². The van der Waals surface area contributed by atoms with Crippen LogP contribution in [0.2, 0.25) is 0 Å². The molecule has 5 rings (SSSR count). The minimum atomic E-state index is -1.02. The topological polar surface area (TPSA) is 74.2 Å². The monoisotopic (exact) mass is 512 g/mol. The van der Waals surface area contributed by atoms with Crippen molar-refractivity contribution in [3.05, 3.63) is 89.3 Å². The second kappa shape index (κ2) is 10.2. The highest BCUT2D eigenvalue weighted by Crippen LogP contribution is 2.46. The van der Waals surface area contributed by atoms with Crippen molar-refractivity contribution in [1.82, 2.24) is 0 Å². The fourth-order valence-corrected chi connectivity index (χ4v) is 5.23. The molecule has 6 nitrogen and oxygen atoms in total. The van der Waals surface area contributed by atoms with E-state index >= 15 is 0 Å². The van der Waals surface area contributed by atoms with E-state index < -0.39 is 5.97 Å². The van der Waals surface area contributed by atoms with Gasteiger partial charge in [-0.05, 0) is 52.7 Å². The third-order valence-corrected chi connectivity index (χ3v) is 7.08.